The highest BCUT2D eigenvalue weighted by Crippen LogP contribution is 2.15. The van der Waals surface area contributed by atoms with Crippen LogP contribution in [0.15, 0.2) is 41.3 Å². The third kappa shape index (κ3) is 4.08. The molecule has 6 nitrogen and oxygen atoms in total. The third-order valence-corrected chi connectivity index (χ3v) is 3.51. The Labute approximate surface area is 128 Å². The van der Waals surface area contributed by atoms with Crippen LogP contribution in [-0.2, 0) is 16.1 Å². The molecule has 3 heterocycles. The number of hydrogen-bond donors (Lipinski definition) is 1. The Morgan fingerprint density at radius 2 is 2.45 bits per heavy atom. The summed E-state index contributed by atoms with van der Waals surface area (Å²) in [5, 5.41) is 7.02. The Morgan fingerprint density at radius 1 is 1.50 bits per heavy atom. The molecule has 0 unspecified atom stereocenters. The molecular weight excluding hydrogens is 282 g/mol. The van der Waals surface area contributed by atoms with Gasteiger partial charge in [0.1, 0.15) is 5.76 Å². The van der Waals surface area contributed by atoms with Crippen molar-refractivity contribution >= 4 is 17.7 Å². The zero-order chi connectivity index (χ0) is 15.2. The first kappa shape index (κ1) is 14.6. The van der Waals surface area contributed by atoms with Crippen molar-refractivity contribution < 1.29 is 13.9 Å². The number of hydrogen-bond acceptors (Lipinski definition) is 4. The molecular formula is C16H19N3O3. The molecule has 3 rings (SSSR count). The van der Waals surface area contributed by atoms with E-state index in [-0.39, 0.29) is 12.0 Å². The van der Waals surface area contributed by atoms with Crippen LogP contribution in [0.3, 0.4) is 0 Å². The molecule has 116 valence electrons. The maximum absolute atomic E-state index is 11.8. The van der Waals surface area contributed by atoms with Gasteiger partial charge in [0, 0.05) is 18.9 Å². The topological polar surface area (TPSA) is 69.3 Å². The Morgan fingerprint density at radius 3 is 3.23 bits per heavy atom. The molecule has 1 atom stereocenters. The minimum Gasteiger partial charge on any atom is -0.465 e. The van der Waals surface area contributed by atoms with Crippen LogP contribution in [0.1, 0.15) is 25.0 Å². The van der Waals surface area contributed by atoms with Crippen LogP contribution in [-0.4, -0.2) is 28.4 Å². The fraction of sp³-hybridized carbons (Fsp3) is 0.375. The summed E-state index contributed by atoms with van der Waals surface area (Å²) in [6, 6.07) is 3.56. The predicted octanol–water partition coefficient (Wildman–Crippen LogP) is 2.70. The van der Waals surface area contributed by atoms with Crippen LogP contribution in [0.25, 0.3) is 6.08 Å². The first-order chi connectivity index (χ1) is 10.8. The molecule has 1 N–H and O–H groups in total. The first-order valence-electron chi connectivity index (χ1n) is 7.46. The average Bonchev–Trinajstić information content (AvgIpc) is 3.18. The van der Waals surface area contributed by atoms with Gasteiger partial charge in [0.25, 0.3) is 0 Å². The molecule has 2 aromatic rings. The molecule has 0 radical (unpaired) electrons. The van der Waals surface area contributed by atoms with Gasteiger partial charge >= 0.3 is 0 Å². The number of aromatic nitrogens is 2. The van der Waals surface area contributed by atoms with E-state index in [2.05, 4.69) is 10.4 Å². The van der Waals surface area contributed by atoms with E-state index in [1.54, 1.807) is 30.7 Å². The van der Waals surface area contributed by atoms with E-state index < -0.39 is 0 Å². The van der Waals surface area contributed by atoms with Gasteiger partial charge in [-0.2, -0.15) is 5.10 Å². The third-order valence-electron chi connectivity index (χ3n) is 3.51. The predicted molar refractivity (Wildman–Crippen MR) is 82.2 cm³/mol. The number of carbonyl (C=O) groups is 1. The maximum atomic E-state index is 11.8. The average molecular weight is 301 g/mol. The second kappa shape index (κ2) is 7.09. The fourth-order valence-electron chi connectivity index (χ4n) is 2.42. The van der Waals surface area contributed by atoms with E-state index in [4.69, 9.17) is 9.15 Å². The summed E-state index contributed by atoms with van der Waals surface area (Å²) in [4.78, 5) is 11.8. The Kier molecular flexibility index (Phi) is 4.70. The summed E-state index contributed by atoms with van der Waals surface area (Å²) >= 11 is 0. The van der Waals surface area contributed by atoms with Gasteiger partial charge in [0.2, 0.25) is 5.91 Å². The lowest BCUT2D eigenvalue weighted by Crippen LogP contribution is -2.24. The SMILES string of the molecule is O=C(/C=C/c1ccco1)Nc1cnn(C[C@@H]2CCCCO2)c1. The molecule has 1 saturated heterocycles. The standard InChI is InChI=1S/C16H19N3O3/c20-16(7-6-14-5-3-9-21-14)18-13-10-17-19(11-13)12-15-4-1-2-8-22-15/h3,5-7,9-11,15H,1-2,4,8,12H2,(H,18,20)/b7-6+/t15-/m0/s1. The van der Waals surface area contributed by atoms with E-state index in [1.807, 2.05) is 10.9 Å². The van der Waals surface area contributed by atoms with Gasteiger partial charge in [-0.05, 0) is 37.5 Å². The van der Waals surface area contributed by atoms with E-state index in [9.17, 15) is 4.79 Å². The zero-order valence-corrected chi connectivity index (χ0v) is 12.3. The van der Waals surface area contributed by atoms with Crippen LogP contribution in [0, 0.1) is 0 Å². The van der Waals surface area contributed by atoms with E-state index in [1.165, 1.54) is 12.5 Å². The molecule has 6 heteroatoms. The van der Waals surface area contributed by atoms with Crippen LogP contribution >= 0.6 is 0 Å². The molecule has 22 heavy (non-hydrogen) atoms. The largest absolute Gasteiger partial charge is 0.465 e. The summed E-state index contributed by atoms with van der Waals surface area (Å²) in [5.74, 6) is 0.421. The highest BCUT2D eigenvalue weighted by atomic mass is 16.5. The molecule has 0 spiro atoms. The van der Waals surface area contributed by atoms with Gasteiger partial charge in [-0.15, -0.1) is 0 Å². The minimum absolute atomic E-state index is 0.218. The second-order valence-electron chi connectivity index (χ2n) is 5.28. The smallest absolute Gasteiger partial charge is 0.248 e. The molecule has 1 aliphatic rings. The van der Waals surface area contributed by atoms with Crippen molar-refractivity contribution in [2.24, 2.45) is 0 Å². The maximum Gasteiger partial charge on any atom is 0.248 e. The molecule has 1 aliphatic heterocycles. The van der Waals surface area contributed by atoms with Crippen molar-refractivity contribution in [3.05, 3.63) is 42.6 Å². The van der Waals surface area contributed by atoms with E-state index in [0.717, 1.165) is 26.0 Å². The normalized spacial score (nSPS) is 18.6. The quantitative estimate of drug-likeness (QED) is 0.862. The molecule has 0 bridgehead atoms. The number of rotatable bonds is 5. The number of carbonyl (C=O) groups excluding carboxylic acids is 1. The lowest BCUT2D eigenvalue weighted by Gasteiger charge is -2.22. The monoisotopic (exact) mass is 301 g/mol. The summed E-state index contributed by atoms with van der Waals surface area (Å²) in [7, 11) is 0. The van der Waals surface area contributed by atoms with Gasteiger partial charge in [-0.3, -0.25) is 9.48 Å². The fourth-order valence-corrected chi connectivity index (χ4v) is 2.42. The first-order valence-corrected chi connectivity index (χ1v) is 7.46. The molecule has 1 fully saturated rings. The van der Waals surface area contributed by atoms with Gasteiger partial charge in [-0.25, -0.2) is 0 Å². The Hall–Kier alpha value is -2.34. The molecule has 0 saturated carbocycles. The van der Waals surface area contributed by atoms with Crippen LogP contribution < -0.4 is 5.32 Å². The minimum atomic E-state index is -0.218. The lowest BCUT2D eigenvalue weighted by atomic mass is 10.1. The summed E-state index contributed by atoms with van der Waals surface area (Å²) in [5.41, 5.74) is 0.671. The van der Waals surface area contributed by atoms with Crippen LogP contribution in [0.4, 0.5) is 5.69 Å². The summed E-state index contributed by atoms with van der Waals surface area (Å²) in [6.07, 6.45) is 11.7. The zero-order valence-electron chi connectivity index (χ0n) is 12.3. The van der Waals surface area contributed by atoms with Crippen molar-refractivity contribution in [1.82, 2.24) is 9.78 Å². The van der Waals surface area contributed by atoms with Gasteiger partial charge in [-0.1, -0.05) is 0 Å². The number of nitrogens with one attached hydrogen (secondary N) is 1. The number of furan rings is 1. The molecule has 2 aromatic heterocycles. The lowest BCUT2D eigenvalue weighted by molar-refractivity contribution is -0.111. The highest BCUT2D eigenvalue weighted by molar-refractivity contribution is 6.01. The highest BCUT2D eigenvalue weighted by Gasteiger charge is 2.14. The molecule has 0 aliphatic carbocycles. The summed E-state index contributed by atoms with van der Waals surface area (Å²) < 4.78 is 12.6. The van der Waals surface area contributed by atoms with Crippen molar-refractivity contribution in [1.29, 1.82) is 0 Å². The number of ether oxygens (including phenoxy) is 1. The van der Waals surface area contributed by atoms with Gasteiger partial charge in [0.05, 0.1) is 30.8 Å². The van der Waals surface area contributed by atoms with Crippen molar-refractivity contribution in [3.8, 4) is 0 Å². The van der Waals surface area contributed by atoms with Gasteiger partial charge in [0.15, 0.2) is 0 Å². The Balaban J connectivity index is 1.51. The van der Waals surface area contributed by atoms with Gasteiger partial charge < -0.3 is 14.5 Å². The van der Waals surface area contributed by atoms with E-state index >= 15 is 0 Å². The molecule has 1 amide bonds. The summed E-state index contributed by atoms with van der Waals surface area (Å²) in [6.45, 7) is 1.55. The molecule has 0 aromatic carbocycles. The van der Waals surface area contributed by atoms with Crippen molar-refractivity contribution in [3.63, 3.8) is 0 Å². The van der Waals surface area contributed by atoms with Crippen molar-refractivity contribution in [2.45, 2.75) is 31.9 Å². The second-order valence-corrected chi connectivity index (χ2v) is 5.28. The number of nitrogens with zero attached hydrogens (tertiary/aromatic N) is 2. The number of amides is 1. The van der Waals surface area contributed by atoms with Crippen LogP contribution in [0.2, 0.25) is 0 Å². The van der Waals surface area contributed by atoms with Crippen LogP contribution in [0.5, 0.6) is 0 Å². The van der Waals surface area contributed by atoms with Crippen molar-refractivity contribution in [2.75, 3.05) is 11.9 Å². The Bertz CT molecular complexity index is 625. The van der Waals surface area contributed by atoms with E-state index in [0.29, 0.717) is 11.4 Å². The number of anilines is 1.